The Morgan fingerprint density at radius 3 is 2.71 bits per heavy atom. The summed E-state index contributed by atoms with van der Waals surface area (Å²) in [6.07, 6.45) is 3.25. The van der Waals surface area contributed by atoms with Crippen molar-refractivity contribution in [3.8, 4) is 0 Å². The SMILES string of the molecule is C[C@H](O)CCc1ccc2c(c1)N(C(=O)c1ccccc1)[C@H](C)CC2. The van der Waals surface area contributed by atoms with Crippen molar-refractivity contribution < 1.29 is 9.90 Å². The Kier molecular flexibility index (Phi) is 5.00. The molecule has 1 aliphatic heterocycles. The summed E-state index contributed by atoms with van der Waals surface area (Å²) >= 11 is 0. The highest BCUT2D eigenvalue weighted by atomic mass is 16.3. The van der Waals surface area contributed by atoms with Crippen LogP contribution in [0.1, 0.15) is 48.2 Å². The lowest BCUT2D eigenvalue weighted by Crippen LogP contribution is -2.42. The number of aliphatic hydroxyl groups excluding tert-OH is 1. The highest BCUT2D eigenvalue weighted by molar-refractivity contribution is 6.07. The highest BCUT2D eigenvalue weighted by Crippen LogP contribution is 2.33. The first-order valence-electron chi connectivity index (χ1n) is 8.74. The van der Waals surface area contributed by atoms with Crippen LogP contribution in [0.25, 0.3) is 0 Å². The van der Waals surface area contributed by atoms with E-state index in [1.165, 1.54) is 11.1 Å². The van der Waals surface area contributed by atoms with Gasteiger partial charge in [0.2, 0.25) is 0 Å². The van der Waals surface area contributed by atoms with Crippen LogP contribution in [-0.2, 0) is 12.8 Å². The van der Waals surface area contributed by atoms with E-state index in [2.05, 4.69) is 25.1 Å². The minimum absolute atomic E-state index is 0.0664. The van der Waals surface area contributed by atoms with E-state index in [4.69, 9.17) is 0 Å². The number of hydrogen-bond acceptors (Lipinski definition) is 2. The number of aryl methyl sites for hydroxylation is 2. The topological polar surface area (TPSA) is 40.5 Å². The molecule has 0 aromatic heterocycles. The fourth-order valence-corrected chi connectivity index (χ4v) is 3.34. The van der Waals surface area contributed by atoms with Crippen LogP contribution < -0.4 is 4.90 Å². The molecule has 0 radical (unpaired) electrons. The second-order valence-corrected chi connectivity index (χ2v) is 6.78. The van der Waals surface area contributed by atoms with Gasteiger partial charge in [-0.3, -0.25) is 4.79 Å². The molecule has 24 heavy (non-hydrogen) atoms. The number of nitrogens with zero attached hydrogens (tertiary/aromatic N) is 1. The summed E-state index contributed by atoms with van der Waals surface area (Å²) < 4.78 is 0. The quantitative estimate of drug-likeness (QED) is 0.924. The number of fused-ring (bicyclic) bond motifs is 1. The van der Waals surface area contributed by atoms with Crippen molar-refractivity contribution in [3.05, 3.63) is 65.2 Å². The number of carbonyl (C=O) groups excluding carboxylic acids is 1. The molecule has 1 aliphatic rings. The molecule has 0 unspecified atom stereocenters. The predicted molar refractivity (Wildman–Crippen MR) is 97.5 cm³/mol. The van der Waals surface area contributed by atoms with E-state index in [-0.39, 0.29) is 18.1 Å². The van der Waals surface area contributed by atoms with Gasteiger partial charge in [-0.05, 0) is 68.9 Å². The lowest BCUT2D eigenvalue weighted by atomic mass is 9.93. The van der Waals surface area contributed by atoms with Gasteiger partial charge in [0.05, 0.1) is 6.10 Å². The Morgan fingerprint density at radius 1 is 1.25 bits per heavy atom. The second kappa shape index (κ2) is 7.18. The molecule has 2 atom stereocenters. The summed E-state index contributed by atoms with van der Waals surface area (Å²) in [5, 5.41) is 9.52. The van der Waals surface area contributed by atoms with Gasteiger partial charge < -0.3 is 10.0 Å². The largest absolute Gasteiger partial charge is 0.393 e. The summed E-state index contributed by atoms with van der Waals surface area (Å²) in [4.78, 5) is 15.0. The van der Waals surface area contributed by atoms with Crippen molar-refractivity contribution in [2.45, 2.75) is 51.7 Å². The highest BCUT2D eigenvalue weighted by Gasteiger charge is 2.29. The third kappa shape index (κ3) is 3.51. The number of hydrogen-bond donors (Lipinski definition) is 1. The first kappa shape index (κ1) is 16.7. The molecule has 0 saturated carbocycles. The normalized spacial score (nSPS) is 18.1. The van der Waals surface area contributed by atoms with E-state index in [9.17, 15) is 9.90 Å². The van der Waals surface area contributed by atoms with Crippen LogP contribution in [-0.4, -0.2) is 23.2 Å². The lowest BCUT2D eigenvalue weighted by Gasteiger charge is -2.36. The summed E-state index contributed by atoms with van der Waals surface area (Å²) in [6.45, 7) is 3.93. The molecule has 0 fully saturated rings. The fourth-order valence-electron chi connectivity index (χ4n) is 3.34. The van der Waals surface area contributed by atoms with E-state index in [1.807, 2.05) is 42.2 Å². The number of rotatable bonds is 4. The Labute approximate surface area is 143 Å². The van der Waals surface area contributed by atoms with Gasteiger partial charge >= 0.3 is 0 Å². The van der Waals surface area contributed by atoms with Crippen LogP contribution in [0.3, 0.4) is 0 Å². The molecule has 1 N–H and O–H groups in total. The van der Waals surface area contributed by atoms with Crippen LogP contribution in [0, 0.1) is 0 Å². The van der Waals surface area contributed by atoms with Crippen molar-refractivity contribution in [2.75, 3.05) is 4.90 Å². The van der Waals surface area contributed by atoms with Gasteiger partial charge in [0.25, 0.3) is 5.91 Å². The third-order valence-corrected chi connectivity index (χ3v) is 4.77. The fraction of sp³-hybridized carbons (Fsp3) is 0.381. The summed E-state index contributed by atoms with van der Waals surface area (Å²) in [5.41, 5.74) is 4.17. The van der Waals surface area contributed by atoms with E-state index in [1.54, 1.807) is 0 Å². The maximum Gasteiger partial charge on any atom is 0.258 e. The zero-order valence-electron chi connectivity index (χ0n) is 14.4. The molecule has 2 aromatic carbocycles. The van der Waals surface area contributed by atoms with Crippen LogP contribution in [0.15, 0.2) is 48.5 Å². The van der Waals surface area contributed by atoms with Crippen molar-refractivity contribution >= 4 is 11.6 Å². The van der Waals surface area contributed by atoms with Crippen molar-refractivity contribution in [2.24, 2.45) is 0 Å². The lowest BCUT2D eigenvalue weighted by molar-refractivity contribution is 0.0975. The monoisotopic (exact) mass is 323 g/mol. The zero-order chi connectivity index (χ0) is 17.1. The van der Waals surface area contributed by atoms with Crippen LogP contribution >= 0.6 is 0 Å². The standard InChI is InChI=1S/C21H25NO2/c1-15-8-12-18-13-11-17(10-9-16(2)23)14-20(18)22(15)21(24)19-6-4-3-5-7-19/h3-7,11,13-16,23H,8-10,12H2,1-2H3/t15-,16+/m1/s1. The Balaban J connectivity index is 1.93. The Bertz CT molecular complexity index is 709. The minimum atomic E-state index is -0.304. The minimum Gasteiger partial charge on any atom is -0.393 e. The van der Waals surface area contributed by atoms with Gasteiger partial charge in [-0.1, -0.05) is 30.3 Å². The van der Waals surface area contributed by atoms with Gasteiger partial charge in [-0.15, -0.1) is 0 Å². The number of carbonyl (C=O) groups is 1. The molecule has 126 valence electrons. The molecule has 0 aliphatic carbocycles. The Hall–Kier alpha value is -2.13. The van der Waals surface area contributed by atoms with E-state index in [0.717, 1.165) is 36.9 Å². The predicted octanol–water partition coefficient (Wildman–Crippen LogP) is 3.98. The number of anilines is 1. The maximum absolute atomic E-state index is 13.0. The average Bonchev–Trinajstić information content (AvgIpc) is 2.60. The molecule has 3 heteroatoms. The van der Waals surface area contributed by atoms with Gasteiger partial charge in [0.15, 0.2) is 0 Å². The first-order chi connectivity index (χ1) is 11.6. The van der Waals surface area contributed by atoms with Crippen molar-refractivity contribution in [1.29, 1.82) is 0 Å². The van der Waals surface area contributed by atoms with E-state index < -0.39 is 0 Å². The van der Waals surface area contributed by atoms with E-state index >= 15 is 0 Å². The van der Waals surface area contributed by atoms with Crippen LogP contribution in [0.2, 0.25) is 0 Å². The average molecular weight is 323 g/mol. The van der Waals surface area contributed by atoms with Crippen LogP contribution in [0.5, 0.6) is 0 Å². The van der Waals surface area contributed by atoms with Gasteiger partial charge in [0, 0.05) is 17.3 Å². The summed E-state index contributed by atoms with van der Waals surface area (Å²) in [7, 11) is 0. The van der Waals surface area contributed by atoms with Gasteiger partial charge in [-0.2, -0.15) is 0 Å². The maximum atomic E-state index is 13.0. The molecule has 1 amide bonds. The van der Waals surface area contributed by atoms with Gasteiger partial charge in [-0.25, -0.2) is 0 Å². The zero-order valence-corrected chi connectivity index (χ0v) is 14.4. The first-order valence-corrected chi connectivity index (χ1v) is 8.74. The summed E-state index contributed by atoms with van der Waals surface area (Å²) in [6, 6.07) is 16.1. The van der Waals surface area contributed by atoms with Crippen LogP contribution in [0.4, 0.5) is 5.69 Å². The molecule has 3 rings (SSSR count). The molecule has 3 nitrogen and oxygen atoms in total. The van der Waals surface area contributed by atoms with Crippen molar-refractivity contribution in [1.82, 2.24) is 0 Å². The molecule has 0 saturated heterocycles. The molecular weight excluding hydrogens is 298 g/mol. The van der Waals surface area contributed by atoms with Gasteiger partial charge in [0.1, 0.15) is 0 Å². The molecule has 0 bridgehead atoms. The number of aliphatic hydroxyl groups is 1. The Morgan fingerprint density at radius 2 is 2.00 bits per heavy atom. The molecular formula is C21H25NO2. The molecule has 2 aromatic rings. The summed E-state index contributed by atoms with van der Waals surface area (Å²) in [5.74, 6) is 0.0664. The third-order valence-electron chi connectivity index (χ3n) is 4.77. The number of benzene rings is 2. The second-order valence-electron chi connectivity index (χ2n) is 6.78. The smallest absolute Gasteiger partial charge is 0.258 e. The molecule has 1 heterocycles. The van der Waals surface area contributed by atoms with E-state index in [0.29, 0.717) is 0 Å². The number of amides is 1. The van der Waals surface area contributed by atoms with Crippen molar-refractivity contribution in [3.63, 3.8) is 0 Å². The molecule has 0 spiro atoms.